The van der Waals surface area contributed by atoms with Crippen LogP contribution < -0.4 is 9.47 Å². The minimum atomic E-state index is -3.04. The highest BCUT2D eigenvalue weighted by atomic mass is 16.7. The van der Waals surface area contributed by atoms with Crippen LogP contribution in [0.25, 0.3) is 0 Å². The third-order valence-corrected chi connectivity index (χ3v) is 7.08. The molecule has 2 aliphatic heterocycles. The Kier molecular flexibility index (Phi) is 9.35. The average molecular weight is 657 g/mol. The number of carbonyl (C=O) groups is 6. The van der Waals surface area contributed by atoms with Gasteiger partial charge in [-0.25, -0.2) is 9.59 Å². The summed E-state index contributed by atoms with van der Waals surface area (Å²) in [5.74, 6) is -6.57. The minimum Gasteiger partial charge on any atom is -0.496 e. The number of benzene rings is 1. The number of methoxy groups -OCH3 is 3. The fourth-order valence-corrected chi connectivity index (χ4v) is 5.02. The van der Waals surface area contributed by atoms with E-state index in [9.17, 15) is 28.8 Å². The molecule has 252 valence electrons. The molecule has 1 saturated heterocycles. The van der Waals surface area contributed by atoms with Crippen LogP contribution in [0.4, 0.5) is 0 Å². The fourth-order valence-electron chi connectivity index (χ4n) is 5.02. The summed E-state index contributed by atoms with van der Waals surface area (Å²) in [5, 5.41) is 0. The Labute approximate surface area is 273 Å². The van der Waals surface area contributed by atoms with Crippen molar-refractivity contribution in [3.05, 3.63) is 33.9 Å². The number of hydrogen-bond acceptors (Lipinski definition) is 15. The molecule has 0 radical (unpaired) electrons. The molecular formula is C31H38O15. The minimum absolute atomic E-state index is 0.00913. The number of hydrogen-bond donors (Lipinski definition) is 0. The number of esters is 6. The topological polar surface area (TPSA) is 185 Å². The van der Waals surface area contributed by atoms with Crippen molar-refractivity contribution < 1.29 is 79.6 Å². The summed E-state index contributed by atoms with van der Waals surface area (Å²) < 4.78 is 92.8. The maximum absolute atomic E-state index is 13.2. The summed E-state index contributed by atoms with van der Waals surface area (Å²) in [6.07, 6.45) is -8.13. The summed E-state index contributed by atoms with van der Waals surface area (Å²) in [6.45, 7) is 5.71. The molecule has 0 aromatic heterocycles. The lowest BCUT2D eigenvalue weighted by Gasteiger charge is -2.43. The lowest BCUT2D eigenvalue weighted by molar-refractivity contribution is -0.282. The summed E-state index contributed by atoms with van der Waals surface area (Å²) in [6, 6.07) is 0. The van der Waals surface area contributed by atoms with Crippen molar-refractivity contribution in [3.63, 3.8) is 0 Å². The first-order valence-electron chi connectivity index (χ1n) is 16.9. The zero-order chi connectivity index (χ0) is 39.3. The van der Waals surface area contributed by atoms with Crippen LogP contribution in [0.2, 0.25) is 0 Å². The highest BCUT2D eigenvalue weighted by Gasteiger charge is 2.56. The van der Waals surface area contributed by atoms with Gasteiger partial charge in [-0.2, -0.15) is 0 Å². The van der Waals surface area contributed by atoms with Crippen LogP contribution in [-0.4, -0.2) is 87.7 Å². The number of allylic oxidation sites excluding steroid dienone is 2. The first kappa shape index (κ1) is 27.6. The largest absolute Gasteiger partial charge is 0.496 e. The number of cyclic esters (lactones) is 1. The van der Waals surface area contributed by atoms with Crippen LogP contribution in [0.3, 0.4) is 0 Å². The SMILES string of the molecule is [2H]C([2H])([2H])OC(=O)CC/C(C)=C/Cc1c(OC([2H])([2H])[2H])c(C)c2c(c1OC1OC(C(=O)OC)C(OC(C)=O)C(OC(C)=O)C1OC(C)=O)C(=O)OC2. The Hall–Kier alpha value is -4.66. The van der Waals surface area contributed by atoms with E-state index in [1.807, 2.05) is 0 Å². The van der Waals surface area contributed by atoms with E-state index in [4.69, 9.17) is 46.1 Å². The van der Waals surface area contributed by atoms with Crippen LogP contribution >= 0.6 is 0 Å². The quantitative estimate of drug-likeness (QED) is 0.181. The van der Waals surface area contributed by atoms with E-state index >= 15 is 0 Å². The second-order valence-electron chi connectivity index (χ2n) is 10.3. The molecular weight excluding hydrogens is 612 g/mol. The fraction of sp³-hybridized carbons (Fsp3) is 0.548. The Balaban J connectivity index is 2.25. The predicted molar refractivity (Wildman–Crippen MR) is 154 cm³/mol. The molecule has 15 heteroatoms. The maximum atomic E-state index is 13.2. The van der Waals surface area contributed by atoms with Gasteiger partial charge in [0, 0.05) is 38.3 Å². The summed E-state index contributed by atoms with van der Waals surface area (Å²) in [5.41, 5.74) is 0.554. The molecule has 3 rings (SSSR count). The highest BCUT2D eigenvalue weighted by Crippen LogP contribution is 2.44. The smallest absolute Gasteiger partial charge is 0.342 e. The Morgan fingerprint density at radius 1 is 0.891 bits per heavy atom. The van der Waals surface area contributed by atoms with Gasteiger partial charge < -0.3 is 42.6 Å². The molecule has 5 atom stereocenters. The summed E-state index contributed by atoms with van der Waals surface area (Å²) in [7, 11) is -4.99. The van der Waals surface area contributed by atoms with E-state index in [2.05, 4.69) is 4.74 Å². The van der Waals surface area contributed by atoms with Crippen LogP contribution in [0.1, 0.15) is 75.8 Å². The predicted octanol–water partition coefficient (Wildman–Crippen LogP) is 2.19. The molecule has 1 aromatic carbocycles. The third-order valence-electron chi connectivity index (χ3n) is 7.08. The van der Waals surface area contributed by atoms with Crippen LogP contribution in [0.15, 0.2) is 11.6 Å². The second-order valence-corrected chi connectivity index (χ2v) is 10.3. The van der Waals surface area contributed by atoms with Gasteiger partial charge in [-0.15, -0.1) is 0 Å². The van der Waals surface area contributed by atoms with Crippen molar-refractivity contribution in [1.29, 1.82) is 0 Å². The monoisotopic (exact) mass is 656 g/mol. The van der Waals surface area contributed by atoms with Crippen LogP contribution in [0, 0.1) is 6.92 Å². The van der Waals surface area contributed by atoms with Gasteiger partial charge in [-0.3, -0.25) is 19.2 Å². The first-order chi connectivity index (χ1) is 24.0. The molecule has 46 heavy (non-hydrogen) atoms. The van der Waals surface area contributed by atoms with Gasteiger partial charge in [0.2, 0.25) is 12.4 Å². The van der Waals surface area contributed by atoms with Crippen molar-refractivity contribution in [2.24, 2.45) is 0 Å². The van der Waals surface area contributed by atoms with Crippen molar-refractivity contribution >= 4 is 35.8 Å². The van der Waals surface area contributed by atoms with E-state index in [0.717, 1.165) is 27.9 Å². The van der Waals surface area contributed by atoms with E-state index in [-0.39, 0.29) is 53.9 Å². The Morgan fingerprint density at radius 2 is 1.54 bits per heavy atom. The normalized spacial score (nSPS) is 24.6. The van der Waals surface area contributed by atoms with Crippen molar-refractivity contribution in [1.82, 2.24) is 0 Å². The van der Waals surface area contributed by atoms with Crippen LogP contribution in [-0.2, 0) is 70.2 Å². The number of rotatable bonds is 12. The molecule has 0 amide bonds. The molecule has 2 heterocycles. The molecule has 5 unspecified atom stereocenters. The lowest BCUT2D eigenvalue weighted by Crippen LogP contribution is -2.64. The Morgan fingerprint density at radius 3 is 2.15 bits per heavy atom. The molecule has 0 bridgehead atoms. The molecule has 0 spiro atoms. The first-order valence-corrected chi connectivity index (χ1v) is 13.9. The second kappa shape index (κ2) is 15.6. The van der Waals surface area contributed by atoms with Crippen molar-refractivity contribution in [2.75, 3.05) is 21.2 Å². The molecule has 0 aliphatic carbocycles. The van der Waals surface area contributed by atoms with Crippen LogP contribution in [0.5, 0.6) is 11.5 Å². The number of fused-ring (bicyclic) bond motifs is 1. The standard InChI is InChI=1S/C31H38O15/c1-14(10-12-21(35)38-6)9-11-19-23(39-7)15(2)20-13-41-29(36)22(20)24(19)45-31-28(44-18(5)34)26(43-17(4)33)25(42-16(3)32)27(46-31)30(37)40-8/h9,25-28,31H,10-13H2,1-8H3/b14-9+/i6D3,7D3. The van der Waals surface area contributed by atoms with Gasteiger partial charge in [0.25, 0.3) is 0 Å². The van der Waals surface area contributed by atoms with E-state index in [1.54, 1.807) is 6.92 Å². The molecule has 0 saturated carbocycles. The molecule has 15 nitrogen and oxygen atoms in total. The zero-order valence-electron chi connectivity index (χ0n) is 31.9. The summed E-state index contributed by atoms with van der Waals surface area (Å²) >= 11 is 0. The van der Waals surface area contributed by atoms with Gasteiger partial charge >= 0.3 is 35.8 Å². The van der Waals surface area contributed by atoms with Crippen molar-refractivity contribution in [3.8, 4) is 11.5 Å². The molecule has 0 N–H and O–H groups in total. The maximum Gasteiger partial charge on any atom is 0.342 e. The molecule has 1 fully saturated rings. The van der Waals surface area contributed by atoms with Gasteiger partial charge in [0.05, 0.1) is 29.4 Å². The highest BCUT2D eigenvalue weighted by molar-refractivity contribution is 5.98. The number of ether oxygens (including phenoxy) is 9. The lowest BCUT2D eigenvalue weighted by atomic mass is 9.94. The zero-order valence-corrected chi connectivity index (χ0v) is 25.9. The van der Waals surface area contributed by atoms with Crippen molar-refractivity contribution in [2.45, 2.75) is 91.2 Å². The molecule has 2 aliphatic rings. The molecule has 1 aromatic rings. The van der Waals surface area contributed by atoms with Gasteiger partial charge in [-0.1, -0.05) is 11.6 Å². The van der Waals surface area contributed by atoms with E-state index < -0.39 is 86.3 Å². The van der Waals surface area contributed by atoms with Gasteiger partial charge in [0.1, 0.15) is 23.7 Å². The summed E-state index contributed by atoms with van der Waals surface area (Å²) in [4.78, 5) is 74.9. The number of carbonyl (C=O) groups excluding carboxylic acids is 6. The van der Waals surface area contributed by atoms with E-state index in [1.165, 1.54) is 13.0 Å². The van der Waals surface area contributed by atoms with Gasteiger partial charge in [-0.05, 0) is 32.3 Å². The van der Waals surface area contributed by atoms with Gasteiger partial charge in [0.15, 0.2) is 18.3 Å². The Bertz CT molecular complexity index is 1620. The third kappa shape index (κ3) is 8.13. The average Bonchev–Trinajstić information content (AvgIpc) is 3.39. The van der Waals surface area contributed by atoms with E-state index in [0.29, 0.717) is 5.57 Å².